The third-order valence-electron chi connectivity index (χ3n) is 1.43. The fourth-order valence-corrected chi connectivity index (χ4v) is 0.877. The summed E-state index contributed by atoms with van der Waals surface area (Å²) in [5.74, 6) is 0. The molecule has 0 unspecified atom stereocenters. The summed E-state index contributed by atoms with van der Waals surface area (Å²) in [6, 6.07) is 0. The minimum atomic E-state index is -2.27. The van der Waals surface area contributed by atoms with E-state index in [0.717, 1.165) is 4.90 Å². The Labute approximate surface area is 65.0 Å². The SMILES string of the molecule is Cl.FC(F)N1CCNCC1. The van der Waals surface area contributed by atoms with E-state index in [2.05, 4.69) is 5.32 Å². The molecule has 0 bridgehead atoms. The minimum Gasteiger partial charge on any atom is -0.314 e. The van der Waals surface area contributed by atoms with Crippen molar-refractivity contribution in [3.05, 3.63) is 0 Å². The summed E-state index contributed by atoms with van der Waals surface area (Å²) in [6.07, 6.45) is 0. The Hall–Kier alpha value is 0.0700. The van der Waals surface area contributed by atoms with E-state index in [9.17, 15) is 8.78 Å². The molecule has 0 radical (unpaired) electrons. The normalized spacial score (nSPS) is 20.7. The van der Waals surface area contributed by atoms with Gasteiger partial charge in [-0.15, -0.1) is 12.4 Å². The third-order valence-corrected chi connectivity index (χ3v) is 1.43. The average molecular weight is 173 g/mol. The fourth-order valence-electron chi connectivity index (χ4n) is 0.877. The highest BCUT2D eigenvalue weighted by molar-refractivity contribution is 5.85. The van der Waals surface area contributed by atoms with Gasteiger partial charge in [-0.3, -0.25) is 0 Å². The second-order valence-corrected chi connectivity index (χ2v) is 2.06. The molecule has 0 aliphatic carbocycles. The molecule has 1 rings (SSSR count). The molecule has 1 fully saturated rings. The number of nitrogens with one attached hydrogen (secondary N) is 1. The van der Waals surface area contributed by atoms with Crippen molar-refractivity contribution in [2.45, 2.75) is 6.55 Å². The van der Waals surface area contributed by atoms with Crippen LogP contribution in [-0.2, 0) is 0 Å². The first kappa shape index (κ1) is 10.1. The molecule has 10 heavy (non-hydrogen) atoms. The summed E-state index contributed by atoms with van der Waals surface area (Å²) in [5, 5.41) is 2.99. The van der Waals surface area contributed by atoms with Crippen molar-refractivity contribution in [2.75, 3.05) is 26.2 Å². The van der Waals surface area contributed by atoms with Crippen LogP contribution in [0.1, 0.15) is 0 Å². The Balaban J connectivity index is 0.000000810. The number of alkyl halides is 2. The highest BCUT2D eigenvalue weighted by Crippen LogP contribution is 2.02. The first-order chi connectivity index (χ1) is 4.30. The van der Waals surface area contributed by atoms with E-state index in [4.69, 9.17) is 0 Å². The van der Waals surface area contributed by atoms with Crippen LogP contribution in [0.15, 0.2) is 0 Å². The maximum absolute atomic E-state index is 11.8. The molecule has 62 valence electrons. The Morgan fingerprint density at radius 1 is 1.20 bits per heavy atom. The lowest BCUT2D eigenvalue weighted by molar-refractivity contribution is -0.0328. The third kappa shape index (κ3) is 2.77. The van der Waals surface area contributed by atoms with Crippen molar-refractivity contribution in [2.24, 2.45) is 0 Å². The van der Waals surface area contributed by atoms with Gasteiger partial charge < -0.3 is 5.32 Å². The van der Waals surface area contributed by atoms with E-state index >= 15 is 0 Å². The Morgan fingerprint density at radius 2 is 1.70 bits per heavy atom. The van der Waals surface area contributed by atoms with Gasteiger partial charge in [-0.25, -0.2) is 4.90 Å². The lowest BCUT2D eigenvalue weighted by Crippen LogP contribution is -2.45. The number of hydrogen-bond donors (Lipinski definition) is 1. The standard InChI is InChI=1S/C5H10F2N2.ClH/c6-5(7)9-3-1-8-2-4-9;/h5,8H,1-4H2;1H. The monoisotopic (exact) mass is 172 g/mol. The van der Waals surface area contributed by atoms with E-state index in [1.165, 1.54) is 0 Å². The summed E-state index contributed by atoms with van der Waals surface area (Å²) in [6.45, 7) is 0.0383. The molecule has 1 aliphatic heterocycles. The van der Waals surface area contributed by atoms with E-state index in [-0.39, 0.29) is 12.4 Å². The van der Waals surface area contributed by atoms with Crippen LogP contribution in [0.4, 0.5) is 8.78 Å². The first-order valence-corrected chi connectivity index (χ1v) is 3.03. The fraction of sp³-hybridized carbons (Fsp3) is 1.00. The Kier molecular flexibility index (Phi) is 4.85. The summed E-state index contributed by atoms with van der Waals surface area (Å²) >= 11 is 0. The lowest BCUT2D eigenvalue weighted by Gasteiger charge is -2.25. The number of nitrogens with zero attached hydrogens (tertiary/aromatic N) is 1. The molecule has 0 aromatic heterocycles. The quantitative estimate of drug-likeness (QED) is 0.581. The van der Waals surface area contributed by atoms with Crippen LogP contribution in [0.5, 0.6) is 0 Å². The Morgan fingerprint density at radius 3 is 2.00 bits per heavy atom. The zero-order valence-electron chi connectivity index (χ0n) is 5.52. The van der Waals surface area contributed by atoms with Crippen molar-refractivity contribution in [1.29, 1.82) is 0 Å². The maximum atomic E-state index is 11.8. The second-order valence-electron chi connectivity index (χ2n) is 2.06. The largest absolute Gasteiger partial charge is 0.314 e. The first-order valence-electron chi connectivity index (χ1n) is 3.03. The molecule has 0 atom stereocenters. The molecule has 0 aromatic rings. The minimum absolute atomic E-state index is 0. The van der Waals surface area contributed by atoms with Gasteiger partial charge in [-0.1, -0.05) is 0 Å². The van der Waals surface area contributed by atoms with Gasteiger partial charge >= 0.3 is 0 Å². The van der Waals surface area contributed by atoms with Crippen LogP contribution in [-0.4, -0.2) is 37.6 Å². The summed E-state index contributed by atoms with van der Waals surface area (Å²) in [5.41, 5.74) is 0. The van der Waals surface area contributed by atoms with E-state index < -0.39 is 6.55 Å². The molecule has 1 N–H and O–H groups in total. The molecule has 0 spiro atoms. The van der Waals surface area contributed by atoms with Crippen LogP contribution in [0, 0.1) is 0 Å². The van der Waals surface area contributed by atoms with Crippen molar-refractivity contribution >= 4 is 12.4 Å². The Bertz CT molecular complexity index is 85.7. The van der Waals surface area contributed by atoms with Crippen LogP contribution in [0.2, 0.25) is 0 Å². The average Bonchev–Trinajstić information content (AvgIpc) is 1.90. The van der Waals surface area contributed by atoms with Crippen molar-refractivity contribution in [1.82, 2.24) is 10.2 Å². The molecule has 5 heteroatoms. The van der Waals surface area contributed by atoms with Crippen LogP contribution >= 0.6 is 12.4 Å². The number of hydrogen-bond acceptors (Lipinski definition) is 2. The molecular formula is C5H11ClF2N2. The highest BCUT2D eigenvalue weighted by atomic mass is 35.5. The summed E-state index contributed by atoms with van der Waals surface area (Å²) in [7, 11) is 0. The van der Waals surface area contributed by atoms with Crippen molar-refractivity contribution < 1.29 is 8.78 Å². The number of halogens is 3. The molecule has 1 heterocycles. The van der Waals surface area contributed by atoms with E-state index in [1.807, 2.05) is 0 Å². The molecule has 0 aromatic carbocycles. The summed E-state index contributed by atoms with van der Waals surface area (Å²) < 4.78 is 23.6. The number of rotatable bonds is 1. The molecule has 0 amide bonds. The number of piperazine rings is 1. The van der Waals surface area contributed by atoms with Crippen LogP contribution in [0.3, 0.4) is 0 Å². The molecule has 1 aliphatic rings. The predicted octanol–water partition coefficient (Wildman–Crippen LogP) is 0.536. The predicted molar refractivity (Wildman–Crippen MR) is 37.7 cm³/mol. The van der Waals surface area contributed by atoms with Gasteiger partial charge in [-0.05, 0) is 0 Å². The van der Waals surface area contributed by atoms with Gasteiger partial charge in [0.2, 0.25) is 0 Å². The highest BCUT2D eigenvalue weighted by Gasteiger charge is 2.17. The van der Waals surface area contributed by atoms with Crippen molar-refractivity contribution in [3.63, 3.8) is 0 Å². The second kappa shape index (κ2) is 4.82. The molecule has 2 nitrogen and oxygen atoms in total. The van der Waals surface area contributed by atoms with E-state index in [0.29, 0.717) is 26.2 Å². The van der Waals surface area contributed by atoms with Gasteiger partial charge in [-0.2, -0.15) is 8.78 Å². The zero-order chi connectivity index (χ0) is 6.69. The zero-order valence-corrected chi connectivity index (χ0v) is 6.33. The van der Waals surface area contributed by atoms with Crippen molar-refractivity contribution in [3.8, 4) is 0 Å². The maximum Gasteiger partial charge on any atom is 0.294 e. The molecule has 1 saturated heterocycles. The van der Waals surface area contributed by atoms with Gasteiger partial charge in [0.15, 0.2) is 0 Å². The van der Waals surface area contributed by atoms with Crippen LogP contribution in [0.25, 0.3) is 0 Å². The van der Waals surface area contributed by atoms with E-state index in [1.54, 1.807) is 0 Å². The van der Waals surface area contributed by atoms with Gasteiger partial charge in [0.1, 0.15) is 0 Å². The smallest absolute Gasteiger partial charge is 0.294 e. The summed E-state index contributed by atoms with van der Waals surface area (Å²) in [4.78, 5) is 1.16. The topological polar surface area (TPSA) is 15.3 Å². The molecular weight excluding hydrogens is 162 g/mol. The van der Waals surface area contributed by atoms with Gasteiger partial charge in [0, 0.05) is 26.2 Å². The molecule has 0 saturated carbocycles. The van der Waals surface area contributed by atoms with Crippen LogP contribution < -0.4 is 5.32 Å². The lowest BCUT2D eigenvalue weighted by atomic mass is 10.4. The van der Waals surface area contributed by atoms with Gasteiger partial charge in [0.25, 0.3) is 6.55 Å². The van der Waals surface area contributed by atoms with Gasteiger partial charge in [0.05, 0.1) is 0 Å².